The molecule has 0 aliphatic rings. The fraction of sp³-hybridized carbons (Fsp3) is 0.429. The van der Waals surface area contributed by atoms with Gasteiger partial charge in [0, 0.05) is 13.0 Å². The molecule has 0 saturated carbocycles. The average molecular weight is 284 g/mol. The number of rotatable bonds is 8. The Morgan fingerprint density at radius 2 is 2.00 bits per heavy atom. The molecule has 1 atom stereocenters. The second-order valence-corrected chi connectivity index (χ2v) is 4.34. The lowest BCUT2D eigenvalue weighted by atomic mass is 10.1. The molecule has 0 bridgehead atoms. The summed E-state index contributed by atoms with van der Waals surface area (Å²) in [7, 11) is 1.45. The summed E-state index contributed by atoms with van der Waals surface area (Å²) < 4.78 is 24.9. The van der Waals surface area contributed by atoms with Crippen molar-refractivity contribution in [2.24, 2.45) is 0 Å². The summed E-state index contributed by atoms with van der Waals surface area (Å²) in [6.07, 6.45) is -2.55. The van der Waals surface area contributed by atoms with Crippen molar-refractivity contribution in [1.29, 1.82) is 0 Å². The number of aldehydes is 1. The summed E-state index contributed by atoms with van der Waals surface area (Å²) in [5.74, 6) is -0.497. The van der Waals surface area contributed by atoms with Crippen LogP contribution in [0.25, 0.3) is 0 Å². The molecule has 1 rings (SSSR count). The molecule has 0 radical (unpaired) electrons. The summed E-state index contributed by atoms with van der Waals surface area (Å²) in [6, 6.07) is 8.10. The van der Waals surface area contributed by atoms with E-state index in [1.54, 1.807) is 0 Å². The number of halogens is 2. The molecule has 1 amide bonds. The molecule has 1 N–H and O–H groups in total. The van der Waals surface area contributed by atoms with Gasteiger partial charge >= 0.3 is 0 Å². The van der Waals surface area contributed by atoms with E-state index in [1.807, 2.05) is 30.3 Å². The van der Waals surface area contributed by atoms with Crippen molar-refractivity contribution < 1.29 is 18.4 Å². The Hall–Kier alpha value is -1.82. The topological polar surface area (TPSA) is 49.4 Å². The zero-order valence-corrected chi connectivity index (χ0v) is 11.3. The van der Waals surface area contributed by atoms with Gasteiger partial charge in [0.2, 0.25) is 12.3 Å². The van der Waals surface area contributed by atoms with Crippen molar-refractivity contribution in [1.82, 2.24) is 10.2 Å². The molecule has 6 heteroatoms. The minimum Gasteiger partial charge on any atom is -0.330 e. The number of likely N-dealkylation sites (N-methyl/N-ethyl adjacent to an activating group) is 1. The van der Waals surface area contributed by atoms with Gasteiger partial charge in [-0.25, -0.2) is 8.78 Å². The third kappa shape index (κ3) is 5.05. The first-order chi connectivity index (χ1) is 9.58. The molecule has 0 heterocycles. The monoisotopic (exact) mass is 284 g/mol. The highest BCUT2D eigenvalue weighted by Crippen LogP contribution is 2.10. The van der Waals surface area contributed by atoms with Crippen molar-refractivity contribution >= 4 is 12.2 Å². The summed E-state index contributed by atoms with van der Waals surface area (Å²) in [6.45, 7) is 0.106. The van der Waals surface area contributed by atoms with Crippen LogP contribution in [0.3, 0.4) is 0 Å². The second kappa shape index (κ2) is 8.37. The van der Waals surface area contributed by atoms with Crippen LogP contribution < -0.4 is 5.32 Å². The number of nitrogens with one attached hydrogen (secondary N) is 1. The Bertz CT molecular complexity index is 426. The molecular weight excluding hydrogens is 266 g/mol. The Morgan fingerprint density at radius 3 is 2.50 bits per heavy atom. The lowest BCUT2D eigenvalue weighted by Gasteiger charge is -2.25. The highest BCUT2D eigenvalue weighted by atomic mass is 19.3. The largest absolute Gasteiger partial charge is 0.330 e. The minimum atomic E-state index is -2.58. The van der Waals surface area contributed by atoms with Crippen LogP contribution in [0.1, 0.15) is 12.0 Å². The zero-order valence-electron chi connectivity index (χ0n) is 11.3. The van der Waals surface area contributed by atoms with Gasteiger partial charge in [-0.3, -0.25) is 4.79 Å². The van der Waals surface area contributed by atoms with E-state index < -0.39 is 24.8 Å². The van der Waals surface area contributed by atoms with Gasteiger partial charge in [0.05, 0.1) is 12.6 Å². The molecule has 0 fully saturated rings. The fourth-order valence-corrected chi connectivity index (χ4v) is 1.87. The van der Waals surface area contributed by atoms with E-state index in [2.05, 4.69) is 5.32 Å². The number of carbonyl (C=O) groups excluding carboxylic acids is 2. The number of benzene rings is 1. The fourth-order valence-electron chi connectivity index (χ4n) is 1.87. The predicted octanol–water partition coefficient (Wildman–Crippen LogP) is 1.46. The summed E-state index contributed by atoms with van der Waals surface area (Å²) in [5, 5.41) is 2.57. The predicted molar refractivity (Wildman–Crippen MR) is 71.4 cm³/mol. The van der Waals surface area contributed by atoms with E-state index in [9.17, 15) is 18.4 Å². The lowest BCUT2D eigenvalue weighted by molar-refractivity contribution is -0.136. The normalized spacial score (nSPS) is 12.2. The van der Waals surface area contributed by atoms with Crippen LogP contribution in [0.5, 0.6) is 0 Å². The molecule has 0 aromatic heterocycles. The Morgan fingerprint density at radius 1 is 1.35 bits per heavy atom. The first kappa shape index (κ1) is 16.2. The molecule has 110 valence electrons. The number of nitrogens with zero attached hydrogens (tertiary/aromatic N) is 1. The van der Waals surface area contributed by atoms with Crippen molar-refractivity contribution in [2.45, 2.75) is 25.4 Å². The van der Waals surface area contributed by atoms with Gasteiger partial charge < -0.3 is 15.0 Å². The smallest absolute Gasteiger partial charge is 0.240 e. The maximum atomic E-state index is 12.4. The third-order valence-electron chi connectivity index (χ3n) is 2.88. The van der Waals surface area contributed by atoms with Crippen LogP contribution in [0, 0.1) is 0 Å². The van der Waals surface area contributed by atoms with Gasteiger partial charge in [0.1, 0.15) is 6.29 Å². The van der Waals surface area contributed by atoms with E-state index >= 15 is 0 Å². The molecular formula is C14H18F2N2O2. The van der Waals surface area contributed by atoms with Crippen LogP contribution in [0.4, 0.5) is 8.78 Å². The SMILES string of the molecule is CNC(CC(F)F)C(=O)N(CC=O)Cc1ccccc1. The van der Waals surface area contributed by atoms with Crippen LogP contribution in [-0.4, -0.2) is 43.2 Å². The molecule has 0 aliphatic carbocycles. The Labute approximate surface area is 116 Å². The van der Waals surface area contributed by atoms with Gasteiger partial charge in [-0.1, -0.05) is 30.3 Å². The Balaban J connectivity index is 2.78. The van der Waals surface area contributed by atoms with E-state index in [-0.39, 0.29) is 13.1 Å². The lowest BCUT2D eigenvalue weighted by Crippen LogP contribution is -2.46. The van der Waals surface area contributed by atoms with Gasteiger partial charge in [-0.05, 0) is 12.6 Å². The second-order valence-electron chi connectivity index (χ2n) is 4.34. The first-order valence-corrected chi connectivity index (χ1v) is 6.30. The highest BCUT2D eigenvalue weighted by Gasteiger charge is 2.25. The van der Waals surface area contributed by atoms with Crippen molar-refractivity contribution in [3.8, 4) is 0 Å². The molecule has 1 aromatic rings. The summed E-state index contributed by atoms with van der Waals surface area (Å²) in [5.41, 5.74) is 0.842. The number of hydrogen-bond donors (Lipinski definition) is 1. The van der Waals surface area contributed by atoms with Crippen LogP contribution in [-0.2, 0) is 16.1 Å². The maximum absolute atomic E-state index is 12.4. The summed E-state index contributed by atoms with van der Waals surface area (Å²) >= 11 is 0. The van der Waals surface area contributed by atoms with Crippen molar-refractivity contribution in [3.05, 3.63) is 35.9 Å². The maximum Gasteiger partial charge on any atom is 0.240 e. The van der Waals surface area contributed by atoms with E-state index in [4.69, 9.17) is 0 Å². The van der Waals surface area contributed by atoms with Gasteiger partial charge in [-0.2, -0.15) is 0 Å². The van der Waals surface area contributed by atoms with E-state index in [0.29, 0.717) is 6.29 Å². The molecule has 0 saturated heterocycles. The highest BCUT2D eigenvalue weighted by molar-refractivity contribution is 5.83. The first-order valence-electron chi connectivity index (χ1n) is 6.30. The van der Waals surface area contributed by atoms with Crippen molar-refractivity contribution in [2.75, 3.05) is 13.6 Å². The van der Waals surface area contributed by atoms with Crippen LogP contribution in [0.2, 0.25) is 0 Å². The number of carbonyl (C=O) groups is 2. The van der Waals surface area contributed by atoms with Crippen molar-refractivity contribution in [3.63, 3.8) is 0 Å². The van der Waals surface area contributed by atoms with Gasteiger partial charge in [-0.15, -0.1) is 0 Å². The number of hydrogen-bond acceptors (Lipinski definition) is 3. The average Bonchev–Trinajstić information content (AvgIpc) is 2.44. The van der Waals surface area contributed by atoms with Gasteiger partial charge in [0.25, 0.3) is 0 Å². The minimum absolute atomic E-state index is 0.116. The zero-order chi connectivity index (χ0) is 15.0. The molecule has 0 aliphatic heterocycles. The summed E-state index contributed by atoms with van der Waals surface area (Å²) in [4.78, 5) is 24.1. The van der Waals surface area contributed by atoms with E-state index in [1.165, 1.54) is 11.9 Å². The number of amides is 1. The molecule has 0 spiro atoms. The van der Waals surface area contributed by atoms with Crippen LogP contribution >= 0.6 is 0 Å². The van der Waals surface area contributed by atoms with Gasteiger partial charge in [0.15, 0.2) is 0 Å². The number of alkyl halides is 2. The molecule has 1 unspecified atom stereocenters. The molecule has 1 aromatic carbocycles. The third-order valence-corrected chi connectivity index (χ3v) is 2.88. The molecule has 4 nitrogen and oxygen atoms in total. The standard InChI is InChI=1S/C14H18F2N2O2/c1-17-12(9-13(15)16)14(20)18(7-8-19)10-11-5-3-2-4-6-11/h2-6,8,12-13,17H,7,9-10H2,1H3. The quantitative estimate of drug-likeness (QED) is 0.735. The molecule has 20 heavy (non-hydrogen) atoms. The Kier molecular flexibility index (Phi) is 6.79. The van der Waals surface area contributed by atoms with E-state index in [0.717, 1.165) is 5.56 Å². The van der Waals surface area contributed by atoms with Crippen LogP contribution in [0.15, 0.2) is 30.3 Å².